The maximum absolute atomic E-state index is 12.7. The van der Waals surface area contributed by atoms with Crippen molar-refractivity contribution in [2.75, 3.05) is 0 Å². The molecule has 3 rings (SSSR count). The van der Waals surface area contributed by atoms with E-state index in [1.54, 1.807) is 6.07 Å². The molecule has 1 aromatic rings. The van der Waals surface area contributed by atoms with Crippen LogP contribution in [0, 0.1) is 16.7 Å². The molecule has 2 fully saturated rings. The Morgan fingerprint density at radius 3 is 2.67 bits per heavy atom. The lowest BCUT2D eigenvalue weighted by Crippen LogP contribution is -2.52. The molecule has 2 bridgehead atoms. The summed E-state index contributed by atoms with van der Waals surface area (Å²) in [5, 5.41) is 0.0242. The number of aromatic nitrogens is 1. The van der Waals surface area contributed by atoms with Gasteiger partial charge in [-0.3, -0.25) is 0 Å². The number of hydrogen-bond acceptors (Lipinski definition) is 3. The average molecular weight is 329 g/mol. The maximum Gasteiger partial charge on any atom is 0.243 e. The van der Waals surface area contributed by atoms with E-state index >= 15 is 0 Å². The van der Waals surface area contributed by atoms with Gasteiger partial charge in [0.25, 0.3) is 0 Å². The number of hydrogen-bond donors (Lipinski definition) is 1. The molecular formula is C15H21ClN2O2S. The number of rotatable bonds is 3. The first-order chi connectivity index (χ1) is 9.67. The van der Waals surface area contributed by atoms with Gasteiger partial charge in [0.15, 0.2) is 0 Å². The largest absolute Gasteiger partial charge is 0.243 e. The number of nitrogens with zero attached hydrogens (tertiary/aromatic N) is 1. The number of sulfonamides is 1. The van der Waals surface area contributed by atoms with E-state index in [0.29, 0.717) is 5.92 Å². The zero-order valence-electron chi connectivity index (χ0n) is 12.6. The zero-order chi connectivity index (χ0) is 15.5. The Hall–Kier alpha value is -0.650. The van der Waals surface area contributed by atoms with E-state index in [2.05, 4.69) is 30.5 Å². The van der Waals surface area contributed by atoms with Crippen LogP contribution in [0.15, 0.2) is 23.2 Å². The van der Waals surface area contributed by atoms with Crippen LogP contribution in [0.5, 0.6) is 0 Å². The molecule has 21 heavy (non-hydrogen) atoms. The summed E-state index contributed by atoms with van der Waals surface area (Å²) >= 11 is 5.95. The van der Waals surface area contributed by atoms with Gasteiger partial charge in [-0.05, 0) is 48.1 Å². The van der Waals surface area contributed by atoms with Crippen LogP contribution in [-0.4, -0.2) is 19.4 Å². The first-order valence-corrected chi connectivity index (χ1v) is 9.16. The Morgan fingerprint density at radius 1 is 1.38 bits per heavy atom. The van der Waals surface area contributed by atoms with Crippen LogP contribution >= 0.6 is 11.6 Å². The van der Waals surface area contributed by atoms with Crippen LogP contribution in [-0.2, 0) is 10.0 Å². The highest BCUT2D eigenvalue weighted by molar-refractivity contribution is 7.89. The fourth-order valence-corrected chi connectivity index (χ4v) is 6.37. The summed E-state index contributed by atoms with van der Waals surface area (Å²) in [5.74, 6) is 0.583. The lowest BCUT2D eigenvalue weighted by molar-refractivity contribution is 0.127. The minimum atomic E-state index is -3.65. The number of fused-ring (bicyclic) bond motifs is 2. The van der Waals surface area contributed by atoms with Gasteiger partial charge in [-0.2, -0.15) is 0 Å². The van der Waals surface area contributed by atoms with Crippen LogP contribution in [0.1, 0.15) is 40.0 Å². The summed E-state index contributed by atoms with van der Waals surface area (Å²) in [4.78, 5) is 3.93. The monoisotopic (exact) mass is 328 g/mol. The molecule has 1 heterocycles. The van der Waals surface area contributed by atoms with Crippen LogP contribution in [0.3, 0.4) is 0 Å². The van der Waals surface area contributed by atoms with Crippen molar-refractivity contribution < 1.29 is 8.42 Å². The SMILES string of the molecule is CC12CCC(C1)C(C)(C)C2NS(=O)(=O)c1cccnc1Cl. The number of pyridine rings is 1. The van der Waals surface area contributed by atoms with E-state index in [9.17, 15) is 8.42 Å². The fraction of sp³-hybridized carbons (Fsp3) is 0.667. The second-order valence-electron chi connectivity index (χ2n) is 7.26. The summed E-state index contributed by atoms with van der Waals surface area (Å²) in [5.41, 5.74) is 0.00464. The van der Waals surface area contributed by atoms with Crippen molar-refractivity contribution >= 4 is 21.6 Å². The van der Waals surface area contributed by atoms with Gasteiger partial charge in [0.1, 0.15) is 10.0 Å². The van der Waals surface area contributed by atoms with E-state index < -0.39 is 10.0 Å². The standard InChI is InChI=1S/C15H21ClN2O2S/c1-14(2)10-6-7-15(3,9-10)13(14)18-21(19,20)11-5-4-8-17-12(11)16/h4-5,8,10,13,18H,6-7,9H2,1-3H3. The van der Waals surface area contributed by atoms with Gasteiger partial charge in [0.2, 0.25) is 10.0 Å². The third-order valence-corrected chi connectivity index (χ3v) is 7.42. The molecule has 1 aromatic heterocycles. The summed E-state index contributed by atoms with van der Waals surface area (Å²) in [6, 6.07) is 3.03. The molecular weight excluding hydrogens is 308 g/mol. The van der Waals surface area contributed by atoms with Crippen molar-refractivity contribution in [2.45, 2.75) is 51.0 Å². The van der Waals surface area contributed by atoms with Crippen LogP contribution < -0.4 is 4.72 Å². The van der Waals surface area contributed by atoms with Crippen LogP contribution in [0.2, 0.25) is 5.15 Å². The first kappa shape index (κ1) is 15.3. The molecule has 4 nitrogen and oxygen atoms in total. The Labute approximate surface area is 131 Å². The highest BCUT2D eigenvalue weighted by atomic mass is 35.5. The summed E-state index contributed by atoms with van der Waals surface area (Å²) in [6.45, 7) is 6.53. The minimum absolute atomic E-state index is 0.0242. The molecule has 0 aliphatic heterocycles. The molecule has 0 spiro atoms. The van der Waals surface area contributed by atoms with Crippen molar-refractivity contribution in [1.29, 1.82) is 0 Å². The molecule has 0 amide bonds. The second-order valence-corrected chi connectivity index (χ2v) is 9.30. The third kappa shape index (κ3) is 2.30. The Kier molecular flexibility index (Phi) is 3.39. The van der Waals surface area contributed by atoms with Gasteiger partial charge in [-0.15, -0.1) is 0 Å². The second kappa shape index (κ2) is 4.67. The van der Waals surface area contributed by atoms with Gasteiger partial charge < -0.3 is 0 Å². The van der Waals surface area contributed by atoms with Crippen LogP contribution in [0.4, 0.5) is 0 Å². The Morgan fingerprint density at radius 2 is 2.10 bits per heavy atom. The first-order valence-electron chi connectivity index (χ1n) is 7.30. The smallest absolute Gasteiger partial charge is 0.243 e. The minimum Gasteiger partial charge on any atom is -0.243 e. The van der Waals surface area contributed by atoms with Gasteiger partial charge in [-0.1, -0.05) is 32.4 Å². The highest BCUT2D eigenvalue weighted by Gasteiger charge is 2.60. The van der Waals surface area contributed by atoms with Crippen molar-refractivity contribution in [2.24, 2.45) is 16.7 Å². The lowest BCUT2D eigenvalue weighted by Gasteiger charge is -2.42. The zero-order valence-corrected chi connectivity index (χ0v) is 14.1. The highest BCUT2D eigenvalue weighted by Crippen LogP contribution is 2.62. The van der Waals surface area contributed by atoms with E-state index in [4.69, 9.17) is 11.6 Å². The maximum atomic E-state index is 12.7. The molecule has 0 saturated heterocycles. The molecule has 2 aliphatic rings. The van der Waals surface area contributed by atoms with Crippen molar-refractivity contribution in [3.05, 3.63) is 23.5 Å². The molecule has 0 aromatic carbocycles. The molecule has 1 N–H and O–H groups in total. The Bertz CT molecular complexity index is 669. The summed E-state index contributed by atoms with van der Waals surface area (Å²) in [7, 11) is -3.65. The number of nitrogens with one attached hydrogen (secondary N) is 1. The molecule has 2 saturated carbocycles. The molecule has 3 unspecified atom stereocenters. The lowest BCUT2D eigenvalue weighted by atomic mass is 9.69. The van der Waals surface area contributed by atoms with Gasteiger partial charge in [-0.25, -0.2) is 18.1 Å². The summed E-state index contributed by atoms with van der Waals surface area (Å²) < 4.78 is 28.3. The predicted molar refractivity (Wildman–Crippen MR) is 82.6 cm³/mol. The van der Waals surface area contributed by atoms with Crippen molar-refractivity contribution in [3.8, 4) is 0 Å². The van der Waals surface area contributed by atoms with E-state index in [0.717, 1.165) is 12.8 Å². The van der Waals surface area contributed by atoms with E-state index in [-0.39, 0.29) is 26.9 Å². The van der Waals surface area contributed by atoms with Crippen LogP contribution in [0.25, 0.3) is 0 Å². The molecule has 116 valence electrons. The normalized spacial score (nSPS) is 34.3. The Balaban J connectivity index is 1.95. The molecule has 0 radical (unpaired) electrons. The molecule has 3 atom stereocenters. The van der Waals surface area contributed by atoms with Crippen molar-refractivity contribution in [3.63, 3.8) is 0 Å². The fourth-order valence-electron chi connectivity index (χ4n) is 4.39. The molecule has 2 aliphatic carbocycles. The van der Waals surface area contributed by atoms with E-state index in [1.165, 1.54) is 18.7 Å². The quantitative estimate of drug-likeness (QED) is 0.867. The average Bonchev–Trinajstić information content (AvgIpc) is 2.86. The van der Waals surface area contributed by atoms with Gasteiger partial charge in [0, 0.05) is 12.2 Å². The van der Waals surface area contributed by atoms with Gasteiger partial charge in [0.05, 0.1) is 0 Å². The van der Waals surface area contributed by atoms with Crippen molar-refractivity contribution in [1.82, 2.24) is 9.71 Å². The topological polar surface area (TPSA) is 59.1 Å². The van der Waals surface area contributed by atoms with Gasteiger partial charge >= 0.3 is 0 Å². The predicted octanol–water partition coefficient (Wildman–Crippen LogP) is 3.23. The molecule has 6 heteroatoms. The number of halogens is 1. The van der Waals surface area contributed by atoms with E-state index in [1.807, 2.05) is 0 Å². The third-order valence-electron chi connectivity index (χ3n) is 5.56. The summed E-state index contributed by atoms with van der Waals surface area (Å²) in [6.07, 6.45) is 4.85.